The van der Waals surface area contributed by atoms with Gasteiger partial charge in [0, 0.05) is 23.2 Å². The number of amides is 3. The number of aryl methyl sites for hydroxylation is 1. The summed E-state index contributed by atoms with van der Waals surface area (Å²) in [5.74, 6) is -0.259. The van der Waals surface area contributed by atoms with Crippen LogP contribution < -0.4 is 10.6 Å². The zero-order chi connectivity index (χ0) is 18.5. The average molecular weight is 416 g/mol. The number of rotatable bonds is 3. The molecule has 1 unspecified atom stereocenters. The largest absolute Gasteiger partial charge is 0.325 e. The molecule has 0 aliphatic carbocycles. The van der Waals surface area contributed by atoms with Crippen LogP contribution in [0.3, 0.4) is 0 Å². The smallest absolute Gasteiger partial charge is 0.321 e. The Morgan fingerprint density at radius 3 is 2.62 bits per heavy atom. The van der Waals surface area contributed by atoms with Crippen molar-refractivity contribution in [3.05, 3.63) is 58.6 Å². The van der Waals surface area contributed by atoms with Gasteiger partial charge < -0.3 is 15.5 Å². The molecule has 136 valence electrons. The Kier molecular flexibility index (Phi) is 5.93. The Balaban J connectivity index is 1.60. The normalized spacial score (nSPS) is 16.8. The van der Waals surface area contributed by atoms with E-state index >= 15 is 0 Å². The van der Waals surface area contributed by atoms with E-state index in [1.165, 1.54) is 0 Å². The molecule has 3 rings (SSSR count). The molecule has 2 aromatic carbocycles. The number of hydrogen-bond donors (Lipinski definition) is 2. The molecule has 26 heavy (non-hydrogen) atoms. The molecule has 5 nitrogen and oxygen atoms in total. The molecule has 2 aromatic rings. The van der Waals surface area contributed by atoms with Crippen LogP contribution in [-0.4, -0.2) is 29.9 Å². The van der Waals surface area contributed by atoms with Gasteiger partial charge in [-0.15, -0.1) is 0 Å². The maximum absolute atomic E-state index is 12.6. The van der Waals surface area contributed by atoms with E-state index < -0.39 is 0 Å². The second kappa shape index (κ2) is 8.36. The number of anilines is 2. The first kappa shape index (κ1) is 18.5. The summed E-state index contributed by atoms with van der Waals surface area (Å²) in [5, 5.41) is 5.86. The standard InChI is InChI=1S/C20H22BrN3O2/c1-14-9-10-18(17(21)12-14)23-19(25)15-6-5-11-24(13-15)20(26)22-16-7-3-2-4-8-16/h2-4,7-10,12,15H,5-6,11,13H2,1H3,(H,22,26)(H,23,25). The van der Waals surface area contributed by atoms with E-state index in [1.54, 1.807) is 4.90 Å². The van der Waals surface area contributed by atoms with Gasteiger partial charge in [-0.25, -0.2) is 4.79 Å². The minimum Gasteiger partial charge on any atom is -0.325 e. The summed E-state index contributed by atoms with van der Waals surface area (Å²) < 4.78 is 0.861. The highest BCUT2D eigenvalue weighted by atomic mass is 79.9. The lowest BCUT2D eigenvalue weighted by Crippen LogP contribution is -2.45. The molecule has 1 aliphatic heterocycles. The number of hydrogen-bond acceptors (Lipinski definition) is 2. The van der Waals surface area contributed by atoms with Gasteiger partial charge in [-0.2, -0.15) is 0 Å². The number of carbonyl (C=O) groups excluding carboxylic acids is 2. The summed E-state index contributed by atoms with van der Waals surface area (Å²) in [4.78, 5) is 26.8. The van der Waals surface area contributed by atoms with E-state index in [-0.39, 0.29) is 17.9 Å². The van der Waals surface area contributed by atoms with Gasteiger partial charge in [0.2, 0.25) is 5.91 Å². The highest BCUT2D eigenvalue weighted by Crippen LogP contribution is 2.25. The Morgan fingerprint density at radius 2 is 1.88 bits per heavy atom. The van der Waals surface area contributed by atoms with E-state index in [9.17, 15) is 9.59 Å². The molecule has 3 amide bonds. The predicted molar refractivity (Wildman–Crippen MR) is 107 cm³/mol. The third-order valence-corrected chi connectivity index (χ3v) is 5.14. The molecule has 0 bridgehead atoms. The fourth-order valence-electron chi connectivity index (χ4n) is 3.06. The Bertz CT molecular complexity index is 795. The van der Waals surface area contributed by atoms with Crippen molar-refractivity contribution in [2.75, 3.05) is 23.7 Å². The van der Waals surface area contributed by atoms with Gasteiger partial charge in [-0.05, 0) is 65.5 Å². The van der Waals surface area contributed by atoms with Crippen molar-refractivity contribution in [2.24, 2.45) is 5.92 Å². The van der Waals surface area contributed by atoms with Crippen molar-refractivity contribution >= 4 is 39.2 Å². The van der Waals surface area contributed by atoms with Crippen molar-refractivity contribution in [2.45, 2.75) is 19.8 Å². The number of nitrogens with zero attached hydrogens (tertiary/aromatic N) is 1. The van der Waals surface area contributed by atoms with Crippen LogP contribution in [0.2, 0.25) is 0 Å². The maximum atomic E-state index is 12.6. The van der Waals surface area contributed by atoms with Crippen LogP contribution in [0.5, 0.6) is 0 Å². The molecule has 0 spiro atoms. The Morgan fingerprint density at radius 1 is 1.12 bits per heavy atom. The van der Waals surface area contributed by atoms with Gasteiger partial charge in [0.25, 0.3) is 0 Å². The molecule has 1 heterocycles. The van der Waals surface area contributed by atoms with Crippen LogP contribution in [0.4, 0.5) is 16.2 Å². The summed E-state index contributed by atoms with van der Waals surface area (Å²) in [6.07, 6.45) is 1.60. The monoisotopic (exact) mass is 415 g/mol. The third-order valence-electron chi connectivity index (χ3n) is 4.49. The summed E-state index contributed by atoms with van der Waals surface area (Å²) in [6.45, 7) is 3.09. The quantitative estimate of drug-likeness (QED) is 0.766. The van der Waals surface area contributed by atoms with Crippen LogP contribution in [0, 0.1) is 12.8 Å². The number of para-hydroxylation sites is 1. The average Bonchev–Trinajstić information content (AvgIpc) is 2.65. The fourth-order valence-corrected chi connectivity index (χ4v) is 3.65. The number of benzene rings is 2. The van der Waals surface area contributed by atoms with Crippen molar-refractivity contribution in [3.8, 4) is 0 Å². The third kappa shape index (κ3) is 4.64. The molecule has 1 atom stereocenters. The van der Waals surface area contributed by atoms with Gasteiger partial charge in [0.05, 0.1) is 11.6 Å². The summed E-state index contributed by atoms with van der Waals surface area (Å²) in [6, 6.07) is 15.0. The highest BCUT2D eigenvalue weighted by molar-refractivity contribution is 9.10. The molecule has 2 N–H and O–H groups in total. The van der Waals surface area contributed by atoms with Gasteiger partial charge >= 0.3 is 6.03 Å². The minimum absolute atomic E-state index is 0.0493. The molecular weight excluding hydrogens is 394 g/mol. The van der Waals surface area contributed by atoms with E-state index in [1.807, 2.05) is 55.5 Å². The van der Waals surface area contributed by atoms with Crippen molar-refractivity contribution in [1.29, 1.82) is 0 Å². The summed E-state index contributed by atoms with van der Waals surface area (Å²) >= 11 is 3.48. The zero-order valence-electron chi connectivity index (χ0n) is 14.7. The van der Waals surface area contributed by atoms with Gasteiger partial charge in [0.15, 0.2) is 0 Å². The maximum Gasteiger partial charge on any atom is 0.321 e. The van der Waals surface area contributed by atoms with Crippen molar-refractivity contribution < 1.29 is 9.59 Å². The fraction of sp³-hybridized carbons (Fsp3) is 0.300. The lowest BCUT2D eigenvalue weighted by Gasteiger charge is -2.32. The number of piperidine rings is 1. The number of halogens is 1. The number of likely N-dealkylation sites (tertiary alicyclic amines) is 1. The molecule has 0 saturated carbocycles. The number of urea groups is 1. The lowest BCUT2D eigenvalue weighted by atomic mass is 9.97. The second-order valence-corrected chi connectivity index (χ2v) is 7.41. The molecule has 1 fully saturated rings. The first-order valence-electron chi connectivity index (χ1n) is 8.71. The molecule has 6 heteroatoms. The first-order chi connectivity index (χ1) is 12.5. The van der Waals surface area contributed by atoms with Gasteiger partial charge in [-0.1, -0.05) is 24.3 Å². The van der Waals surface area contributed by atoms with Crippen LogP contribution in [-0.2, 0) is 4.79 Å². The zero-order valence-corrected chi connectivity index (χ0v) is 16.3. The van der Waals surface area contributed by atoms with E-state index in [2.05, 4.69) is 26.6 Å². The molecule has 1 aliphatic rings. The predicted octanol–water partition coefficient (Wildman–Crippen LogP) is 4.64. The van der Waals surface area contributed by atoms with Crippen LogP contribution in [0.25, 0.3) is 0 Å². The Labute approximate surface area is 161 Å². The van der Waals surface area contributed by atoms with Gasteiger partial charge in [0.1, 0.15) is 0 Å². The summed E-state index contributed by atoms with van der Waals surface area (Å²) in [7, 11) is 0. The van der Waals surface area contributed by atoms with E-state index in [4.69, 9.17) is 0 Å². The minimum atomic E-state index is -0.210. The second-order valence-electron chi connectivity index (χ2n) is 6.55. The van der Waals surface area contributed by atoms with Crippen LogP contribution in [0.15, 0.2) is 53.0 Å². The SMILES string of the molecule is Cc1ccc(NC(=O)C2CCCN(C(=O)Nc3ccccc3)C2)c(Br)c1. The van der Waals surface area contributed by atoms with E-state index in [0.717, 1.165) is 34.3 Å². The molecule has 0 radical (unpaired) electrons. The van der Waals surface area contributed by atoms with Crippen LogP contribution >= 0.6 is 15.9 Å². The highest BCUT2D eigenvalue weighted by Gasteiger charge is 2.28. The first-order valence-corrected chi connectivity index (χ1v) is 9.50. The van der Waals surface area contributed by atoms with Gasteiger partial charge in [-0.3, -0.25) is 4.79 Å². The topological polar surface area (TPSA) is 61.4 Å². The molecule has 1 saturated heterocycles. The van der Waals surface area contributed by atoms with Crippen LogP contribution in [0.1, 0.15) is 18.4 Å². The molecule has 0 aromatic heterocycles. The number of nitrogens with one attached hydrogen (secondary N) is 2. The summed E-state index contributed by atoms with van der Waals surface area (Å²) in [5.41, 5.74) is 2.63. The van der Waals surface area contributed by atoms with E-state index in [0.29, 0.717) is 13.1 Å². The van der Waals surface area contributed by atoms with Crippen molar-refractivity contribution in [1.82, 2.24) is 4.90 Å². The number of carbonyl (C=O) groups is 2. The Hall–Kier alpha value is -2.34. The van der Waals surface area contributed by atoms with Crippen molar-refractivity contribution in [3.63, 3.8) is 0 Å². The lowest BCUT2D eigenvalue weighted by molar-refractivity contribution is -0.121. The molecular formula is C20H22BrN3O2.